The minimum atomic E-state index is -0.486. The zero-order chi connectivity index (χ0) is 7.61. The summed E-state index contributed by atoms with van der Waals surface area (Å²) in [4.78, 5) is 0. The number of hydrogen-bond acceptors (Lipinski definition) is 3. The molecule has 1 aromatic heterocycles. The molecule has 0 aromatic carbocycles. The van der Waals surface area contributed by atoms with Gasteiger partial charge in [0.05, 0.1) is 17.7 Å². The quantitative estimate of drug-likeness (QED) is 0.587. The zero-order valence-corrected chi connectivity index (χ0v) is 5.96. The maximum absolute atomic E-state index is 8.65. The highest BCUT2D eigenvalue weighted by atomic mass is 16.5. The Hall–Kier alpha value is -1.30. The molecule has 0 spiro atoms. The molecule has 1 heterocycles. The predicted octanol–water partition coefficient (Wildman–Crippen LogP) is 1.48. The molecule has 0 aliphatic carbocycles. The minimum Gasteiger partial charge on any atom is -0.364 e. The molecule has 0 bridgehead atoms. The summed E-state index contributed by atoms with van der Waals surface area (Å²) in [6.07, 6.45) is 3.05. The van der Waals surface area contributed by atoms with Crippen molar-refractivity contribution in [3.8, 4) is 6.07 Å². The highest BCUT2D eigenvalue weighted by Crippen LogP contribution is 2.20. The Balaban J connectivity index is 2.99. The molecule has 0 amide bonds. The van der Waals surface area contributed by atoms with E-state index in [2.05, 4.69) is 15.7 Å². The van der Waals surface area contributed by atoms with Crippen molar-refractivity contribution in [2.24, 2.45) is 0 Å². The van der Waals surface area contributed by atoms with Crippen molar-refractivity contribution in [2.45, 2.75) is 19.3 Å². The molecule has 0 N–H and O–H groups in total. The van der Waals surface area contributed by atoms with Gasteiger partial charge in [0.25, 0.3) is 0 Å². The van der Waals surface area contributed by atoms with Crippen LogP contribution < -0.4 is 0 Å². The number of nitriles is 1. The van der Waals surface area contributed by atoms with E-state index in [9.17, 15) is 0 Å². The Labute approximate surface area is 59.2 Å². The van der Waals surface area contributed by atoms with Crippen molar-refractivity contribution in [1.82, 2.24) is 5.16 Å². The third-order valence-electron chi connectivity index (χ3n) is 1.43. The molecule has 0 fully saturated rings. The second kappa shape index (κ2) is 2.14. The lowest BCUT2D eigenvalue weighted by Gasteiger charge is -2.09. The van der Waals surface area contributed by atoms with Crippen molar-refractivity contribution in [1.29, 1.82) is 5.26 Å². The average Bonchev–Trinajstić information content (AvgIpc) is 2.38. The molecule has 52 valence electrons. The van der Waals surface area contributed by atoms with E-state index in [1.54, 1.807) is 6.20 Å². The number of rotatable bonds is 1. The Morgan fingerprint density at radius 3 is 2.80 bits per heavy atom. The second-order valence-corrected chi connectivity index (χ2v) is 2.65. The maximum atomic E-state index is 8.65. The van der Waals surface area contributed by atoms with Gasteiger partial charge >= 0.3 is 0 Å². The average molecular weight is 136 g/mol. The summed E-state index contributed by atoms with van der Waals surface area (Å²) >= 11 is 0. The van der Waals surface area contributed by atoms with E-state index in [-0.39, 0.29) is 0 Å². The second-order valence-electron chi connectivity index (χ2n) is 2.65. The van der Waals surface area contributed by atoms with E-state index in [0.29, 0.717) is 0 Å². The standard InChI is InChI=1S/C7H8N2O/c1-7(2,5-8)6-3-9-10-4-6/h3-4H,1-2H3. The molecular weight excluding hydrogens is 128 g/mol. The highest BCUT2D eigenvalue weighted by molar-refractivity contribution is 5.23. The van der Waals surface area contributed by atoms with Gasteiger partial charge in [-0.2, -0.15) is 5.26 Å². The van der Waals surface area contributed by atoms with Crippen molar-refractivity contribution in [2.75, 3.05) is 0 Å². The van der Waals surface area contributed by atoms with Crippen LogP contribution in [0, 0.1) is 11.3 Å². The number of nitrogens with zero attached hydrogens (tertiary/aromatic N) is 2. The van der Waals surface area contributed by atoms with Crippen LogP contribution in [0.15, 0.2) is 17.0 Å². The summed E-state index contributed by atoms with van der Waals surface area (Å²) in [5.41, 5.74) is 0.329. The molecule has 1 aromatic rings. The lowest BCUT2D eigenvalue weighted by Crippen LogP contribution is -2.12. The monoisotopic (exact) mass is 136 g/mol. The van der Waals surface area contributed by atoms with Crippen molar-refractivity contribution < 1.29 is 4.52 Å². The smallest absolute Gasteiger partial charge is 0.128 e. The van der Waals surface area contributed by atoms with Crippen LogP contribution in [0.2, 0.25) is 0 Å². The van der Waals surface area contributed by atoms with Crippen LogP contribution in [0.5, 0.6) is 0 Å². The van der Waals surface area contributed by atoms with Crippen LogP contribution in [0.3, 0.4) is 0 Å². The fourth-order valence-electron chi connectivity index (χ4n) is 0.578. The lowest BCUT2D eigenvalue weighted by atomic mass is 9.89. The van der Waals surface area contributed by atoms with Crippen molar-refractivity contribution in [3.63, 3.8) is 0 Å². The Bertz CT molecular complexity index is 243. The van der Waals surface area contributed by atoms with E-state index >= 15 is 0 Å². The molecule has 0 atom stereocenters. The fraction of sp³-hybridized carbons (Fsp3) is 0.429. The summed E-state index contributed by atoms with van der Waals surface area (Å²) in [6.45, 7) is 3.64. The summed E-state index contributed by atoms with van der Waals surface area (Å²) in [7, 11) is 0. The summed E-state index contributed by atoms with van der Waals surface area (Å²) in [6, 6.07) is 2.14. The molecule has 0 saturated carbocycles. The zero-order valence-electron chi connectivity index (χ0n) is 5.96. The Kier molecular flexibility index (Phi) is 1.46. The minimum absolute atomic E-state index is 0.486. The van der Waals surface area contributed by atoms with Gasteiger partial charge in [-0.25, -0.2) is 0 Å². The third-order valence-corrected chi connectivity index (χ3v) is 1.43. The Morgan fingerprint density at radius 1 is 1.70 bits per heavy atom. The number of aromatic nitrogens is 1. The van der Waals surface area contributed by atoms with Crippen LogP contribution in [0.25, 0.3) is 0 Å². The van der Waals surface area contributed by atoms with E-state index in [1.807, 2.05) is 13.8 Å². The number of hydrogen-bond donors (Lipinski definition) is 0. The van der Waals surface area contributed by atoms with Crippen LogP contribution in [0.1, 0.15) is 19.4 Å². The SMILES string of the molecule is CC(C)(C#N)c1cnoc1. The van der Waals surface area contributed by atoms with E-state index in [1.165, 1.54) is 6.26 Å². The normalized spacial score (nSPS) is 10.9. The molecule has 0 aliphatic rings. The van der Waals surface area contributed by atoms with Crippen LogP contribution in [-0.4, -0.2) is 5.16 Å². The largest absolute Gasteiger partial charge is 0.364 e. The maximum Gasteiger partial charge on any atom is 0.128 e. The first-order chi connectivity index (χ1) is 4.67. The summed E-state index contributed by atoms with van der Waals surface area (Å²) in [5, 5.41) is 12.2. The molecule has 0 aliphatic heterocycles. The lowest BCUT2D eigenvalue weighted by molar-refractivity contribution is 0.417. The summed E-state index contributed by atoms with van der Waals surface area (Å²) < 4.78 is 4.60. The third kappa shape index (κ3) is 1.01. The van der Waals surface area contributed by atoms with Gasteiger partial charge in [-0.05, 0) is 13.8 Å². The molecule has 0 unspecified atom stereocenters. The molecule has 0 radical (unpaired) electrons. The first-order valence-electron chi connectivity index (χ1n) is 2.98. The van der Waals surface area contributed by atoms with E-state index < -0.39 is 5.41 Å². The van der Waals surface area contributed by atoms with Crippen LogP contribution >= 0.6 is 0 Å². The van der Waals surface area contributed by atoms with Crippen molar-refractivity contribution in [3.05, 3.63) is 18.0 Å². The van der Waals surface area contributed by atoms with Gasteiger partial charge in [0.1, 0.15) is 6.26 Å². The molecule has 0 saturated heterocycles. The first-order valence-corrected chi connectivity index (χ1v) is 2.98. The van der Waals surface area contributed by atoms with E-state index in [4.69, 9.17) is 5.26 Å². The highest BCUT2D eigenvalue weighted by Gasteiger charge is 2.21. The molecule has 3 nitrogen and oxygen atoms in total. The molecular formula is C7H8N2O. The van der Waals surface area contributed by atoms with Gasteiger partial charge in [-0.3, -0.25) is 0 Å². The molecule has 10 heavy (non-hydrogen) atoms. The predicted molar refractivity (Wildman–Crippen MR) is 35.1 cm³/mol. The molecule has 1 rings (SSSR count). The first kappa shape index (κ1) is 6.81. The van der Waals surface area contributed by atoms with Crippen LogP contribution in [-0.2, 0) is 5.41 Å². The van der Waals surface area contributed by atoms with Gasteiger partial charge < -0.3 is 4.52 Å². The van der Waals surface area contributed by atoms with Gasteiger partial charge in [-0.1, -0.05) is 5.16 Å². The van der Waals surface area contributed by atoms with Crippen LogP contribution in [0.4, 0.5) is 0 Å². The fourth-order valence-corrected chi connectivity index (χ4v) is 0.578. The molecule has 3 heteroatoms. The van der Waals surface area contributed by atoms with Gasteiger partial charge in [0, 0.05) is 5.56 Å². The topological polar surface area (TPSA) is 49.8 Å². The van der Waals surface area contributed by atoms with Crippen molar-refractivity contribution >= 4 is 0 Å². The van der Waals surface area contributed by atoms with Gasteiger partial charge in [0.2, 0.25) is 0 Å². The van der Waals surface area contributed by atoms with Gasteiger partial charge in [-0.15, -0.1) is 0 Å². The Morgan fingerprint density at radius 2 is 2.40 bits per heavy atom. The van der Waals surface area contributed by atoms with Gasteiger partial charge in [0.15, 0.2) is 0 Å². The summed E-state index contributed by atoms with van der Waals surface area (Å²) in [5.74, 6) is 0. The van der Waals surface area contributed by atoms with E-state index in [0.717, 1.165) is 5.56 Å².